The maximum atomic E-state index is 13.6. The molecule has 1 N–H and O–H groups in total. The average molecular weight is 497 g/mol. The summed E-state index contributed by atoms with van der Waals surface area (Å²) in [5, 5.41) is 7.39. The number of nitrogens with one attached hydrogen (secondary N) is 1. The molecule has 8 heteroatoms. The fourth-order valence-corrected chi connectivity index (χ4v) is 4.48. The lowest BCUT2D eigenvalue weighted by Gasteiger charge is -2.35. The molecule has 37 heavy (non-hydrogen) atoms. The fraction of sp³-hybridized carbons (Fsp3) is 0.207. The van der Waals surface area contributed by atoms with Crippen LogP contribution < -0.4 is 19.7 Å². The number of urea groups is 1. The quantitative estimate of drug-likeness (QED) is 0.348. The van der Waals surface area contributed by atoms with Gasteiger partial charge in [-0.1, -0.05) is 53.7 Å². The molecule has 3 aromatic carbocycles. The molecule has 0 saturated carbocycles. The number of aryl methyl sites for hydroxylation is 2. The number of hydrogen-bond donors (Lipinski definition) is 1. The van der Waals surface area contributed by atoms with Gasteiger partial charge in [0.15, 0.2) is 0 Å². The average Bonchev–Trinajstić information content (AvgIpc) is 3.40. The van der Waals surface area contributed by atoms with Crippen LogP contribution >= 0.6 is 0 Å². The molecular weight excluding hydrogens is 468 g/mol. The highest BCUT2D eigenvalue weighted by molar-refractivity contribution is 6.01. The van der Waals surface area contributed by atoms with E-state index in [-0.39, 0.29) is 6.03 Å². The minimum Gasteiger partial charge on any atom is -0.497 e. The second-order valence-corrected chi connectivity index (χ2v) is 8.92. The van der Waals surface area contributed by atoms with Crippen molar-refractivity contribution in [2.75, 3.05) is 19.1 Å². The Morgan fingerprint density at radius 3 is 2.24 bits per heavy atom. The van der Waals surface area contributed by atoms with Crippen LogP contribution in [0.15, 0.2) is 77.0 Å². The van der Waals surface area contributed by atoms with Gasteiger partial charge in [-0.15, -0.1) is 0 Å². The Hall–Kier alpha value is -4.59. The van der Waals surface area contributed by atoms with Crippen molar-refractivity contribution in [2.24, 2.45) is 0 Å². The maximum absolute atomic E-state index is 13.6. The van der Waals surface area contributed by atoms with Gasteiger partial charge in [-0.05, 0) is 37.5 Å². The normalized spacial score (nSPS) is 15.5. The Morgan fingerprint density at radius 2 is 1.59 bits per heavy atom. The third-order valence-electron chi connectivity index (χ3n) is 6.63. The summed E-state index contributed by atoms with van der Waals surface area (Å²) in [6.45, 7) is 5.98. The smallest absolute Gasteiger partial charge is 0.327 e. The van der Waals surface area contributed by atoms with Crippen molar-refractivity contribution in [3.8, 4) is 22.9 Å². The van der Waals surface area contributed by atoms with Gasteiger partial charge < -0.3 is 19.3 Å². The van der Waals surface area contributed by atoms with E-state index in [2.05, 4.69) is 30.4 Å². The molecule has 4 aromatic rings. The van der Waals surface area contributed by atoms with Crippen molar-refractivity contribution < 1.29 is 18.8 Å². The number of ether oxygens (including phenoxy) is 2. The predicted octanol–water partition coefficient (Wildman–Crippen LogP) is 6.07. The summed E-state index contributed by atoms with van der Waals surface area (Å²) < 4.78 is 16.7. The molecule has 2 heterocycles. The summed E-state index contributed by atoms with van der Waals surface area (Å²) in [7, 11) is 3.14. The lowest BCUT2D eigenvalue weighted by Crippen LogP contribution is -2.46. The topological polar surface area (TPSA) is 89.7 Å². The lowest BCUT2D eigenvalue weighted by molar-refractivity contribution is 0.244. The molecule has 0 saturated heterocycles. The van der Waals surface area contributed by atoms with Crippen LogP contribution in [-0.2, 0) is 0 Å². The van der Waals surface area contributed by atoms with Crippen LogP contribution in [0.3, 0.4) is 0 Å². The number of carbonyl (C=O) groups excluding carboxylic acids is 1. The maximum Gasteiger partial charge on any atom is 0.327 e. The van der Waals surface area contributed by atoms with Crippen LogP contribution in [0, 0.1) is 13.8 Å². The van der Waals surface area contributed by atoms with Gasteiger partial charge in [-0.3, -0.25) is 4.90 Å². The van der Waals surface area contributed by atoms with Gasteiger partial charge >= 0.3 is 6.03 Å². The predicted molar refractivity (Wildman–Crippen MR) is 142 cm³/mol. The SMILES string of the molecule is COc1cc(OC)cc(N2C(=O)NC(c3ccc(C)c(C)c3)C(c3nc(-c4ccccc4)no3)=C2C)c1. The van der Waals surface area contributed by atoms with E-state index in [4.69, 9.17) is 19.0 Å². The molecule has 0 spiro atoms. The first kappa shape index (κ1) is 24.1. The minimum absolute atomic E-state index is 0.289. The summed E-state index contributed by atoms with van der Waals surface area (Å²) in [6, 6.07) is 20.3. The van der Waals surface area contributed by atoms with Crippen molar-refractivity contribution in [1.29, 1.82) is 0 Å². The highest BCUT2D eigenvalue weighted by atomic mass is 16.5. The summed E-state index contributed by atoms with van der Waals surface area (Å²) >= 11 is 0. The van der Waals surface area contributed by atoms with Crippen LogP contribution in [0.4, 0.5) is 10.5 Å². The van der Waals surface area contributed by atoms with E-state index >= 15 is 0 Å². The van der Waals surface area contributed by atoms with E-state index in [1.54, 1.807) is 37.3 Å². The van der Waals surface area contributed by atoms with Crippen LogP contribution in [0.1, 0.15) is 35.5 Å². The van der Waals surface area contributed by atoms with Gasteiger partial charge in [0.05, 0.1) is 31.5 Å². The Morgan fingerprint density at radius 1 is 0.892 bits per heavy atom. The highest BCUT2D eigenvalue weighted by Crippen LogP contribution is 2.41. The largest absolute Gasteiger partial charge is 0.497 e. The number of methoxy groups -OCH3 is 2. The van der Waals surface area contributed by atoms with E-state index in [1.807, 2.05) is 49.4 Å². The van der Waals surface area contributed by atoms with Crippen molar-refractivity contribution >= 4 is 17.3 Å². The third kappa shape index (κ3) is 4.53. The molecule has 2 amide bonds. The molecule has 0 aliphatic carbocycles. The Kier molecular flexibility index (Phi) is 6.40. The summed E-state index contributed by atoms with van der Waals surface area (Å²) in [4.78, 5) is 19.9. The van der Waals surface area contributed by atoms with Gasteiger partial charge in [0.25, 0.3) is 5.89 Å². The third-order valence-corrected chi connectivity index (χ3v) is 6.63. The van der Waals surface area contributed by atoms with E-state index < -0.39 is 6.04 Å². The number of allylic oxidation sites excluding steroid dienone is 1. The molecule has 1 aromatic heterocycles. The molecule has 188 valence electrons. The number of carbonyl (C=O) groups is 1. The van der Waals surface area contributed by atoms with Crippen molar-refractivity contribution in [2.45, 2.75) is 26.8 Å². The molecule has 1 aliphatic heterocycles. The molecule has 0 radical (unpaired) electrons. The molecular formula is C29H28N4O4. The van der Waals surface area contributed by atoms with Gasteiger partial charge in [-0.25, -0.2) is 4.79 Å². The summed E-state index contributed by atoms with van der Waals surface area (Å²) in [5.41, 5.74) is 6.01. The van der Waals surface area contributed by atoms with Gasteiger partial charge in [0.2, 0.25) is 5.82 Å². The number of amides is 2. The fourth-order valence-electron chi connectivity index (χ4n) is 4.48. The molecule has 1 unspecified atom stereocenters. The van der Waals surface area contributed by atoms with Gasteiger partial charge in [-0.2, -0.15) is 4.98 Å². The van der Waals surface area contributed by atoms with Crippen LogP contribution in [0.25, 0.3) is 17.0 Å². The zero-order valence-corrected chi connectivity index (χ0v) is 21.4. The first-order chi connectivity index (χ1) is 17.9. The Labute approximate surface area is 215 Å². The molecule has 5 rings (SSSR count). The van der Waals surface area contributed by atoms with Crippen LogP contribution in [0.2, 0.25) is 0 Å². The van der Waals surface area contributed by atoms with Crippen molar-refractivity contribution in [3.63, 3.8) is 0 Å². The van der Waals surface area contributed by atoms with Crippen molar-refractivity contribution in [3.05, 3.63) is 95.0 Å². The Bertz CT molecular complexity index is 1470. The van der Waals surface area contributed by atoms with Crippen molar-refractivity contribution in [1.82, 2.24) is 15.5 Å². The van der Waals surface area contributed by atoms with E-state index in [0.29, 0.717) is 40.2 Å². The number of aromatic nitrogens is 2. The molecule has 8 nitrogen and oxygen atoms in total. The highest BCUT2D eigenvalue weighted by Gasteiger charge is 2.37. The first-order valence-electron chi connectivity index (χ1n) is 11.9. The number of hydrogen-bond acceptors (Lipinski definition) is 6. The van der Waals surface area contributed by atoms with Crippen LogP contribution in [-0.4, -0.2) is 30.4 Å². The summed E-state index contributed by atoms with van der Waals surface area (Å²) in [6.07, 6.45) is 0. The van der Waals surface area contributed by atoms with Gasteiger partial charge in [0.1, 0.15) is 11.5 Å². The zero-order chi connectivity index (χ0) is 26.1. The standard InChI is InChI=1S/C29H28N4O4/c1-17-11-12-21(13-18(17)2)26-25(28-31-27(32-37-28)20-9-7-6-8-10-20)19(3)33(29(34)30-26)22-14-23(35-4)16-24(15-22)36-5/h6-16,26H,1-5H3,(H,30,34). The van der Waals surface area contributed by atoms with E-state index in [9.17, 15) is 4.79 Å². The zero-order valence-electron chi connectivity index (χ0n) is 21.4. The Balaban J connectivity index is 1.69. The van der Waals surface area contributed by atoms with E-state index in [0.717, 1.165) is 16.7 Å². The first-order valence-corrected chi connectivity index (χ1v) is 11.9. The molecule has 1 atom stereocenters. The second-order valence-electron chi connectivity index (χ2n) is 8.92. The number of rotatable bonds is 6. The van der Waals surface area contributed by atoms with E-state index in [1.165, 1.54) is 5.56 Å². The molecule has 0 bridgehead atoms. The lowest BCUT2D eigenvalue weighted by atomic mass is 9.92. The van der Waals surface area contributed by atoms with Crippen LogP contribution in [0.5, 0.6) is 11.5 Å². The number of anilines is 1. The number of benzene rings is 3. The summed E-state index contributed by atoms with van der Waals surface area (Å²) in [5.74, 6) is 1.94. The molecule has 1 aliphatic rings. The molecule has 0 fully saturated rings. The minimum atomic E-state index is -0.486. The monoisotopic (exact) mass is 496 g/mol. The second kappa shape index (κ2) is 9.81. The van der Waals surface area contributed by atoms with Gasteiger partial charge in [0, 0.05) is 29.5 Å². The number of nitrogens with zero attached hydrogens (tertiary/aromatic N) is 3.